The van der Waals surface area contributed by atoms with Gasteiger partial charge in [-0.1, -0.05) is 36.4 Å². The summed E-state index contributed by atoms with van der Waals surface area (Å²) in [5.41, 5.74) is 2.31. The van der Waals surface area contributed by atoms with E-state index in [0.29, 0.717) is 5.91 Å². The molecule has 0 bridgehead atoms. The average Bonchev–Trinajstić information content (AvgIpc) is 2.64. The number of benzene rings is 1. The van der Waals surface area contributed by atoms with Crippen molar-refractivity contribution in [3.05, 3.63) is 66.0 Å². The van der Waals surface area contributed by atoms with Gasteiger partial charge in [0.15, 0.2) is 0 Å². The van der Waals surface area contributed by atoms with E-state index < -0.39 is 0 Å². The molecule has 3 heterocycles. The Kier molecular flexibility index (Phi) is 3.85. The first kappa shape index (κ1) is 15.3. The minimum atomic E-state index is -0.193. The number of amides is 1. The van der Waals surface area contributed by atoms with Gasteiger partial charge in [0.2, 0.25) is 5.91 Å². The summed E-state index contributed by atoms with van der Waals surface area (Å²) in [6, 6.07) is 14.8. The van der Waals surface area contributed by atoms with Crippen LogP contribution in [0.15, 0.2) is 54.9 Å². The van der Waals surface area contributed by atoms with Gasteiger partial charge in [0.25, 0.3) is 0 Å². The van der Waals surface area contributed by atoms with Crippen LogP contribution < -0.4 is 0 Å². The van der Waals surface area contributed by atoms with E-state index in [1.807, 2.05) is 36.5 Å². The largest absolute Gasteiger partial charge is 0.337 e. The van der Waals surface area contributed by atoms with Crippen LogP contribution in [0.3, 0.4) is 0 Å². The Hall–Kier alpha value is -2.20. The van der Waals surface area contributed by atoms with E-state index in [0.717, 1.165) is 32.5 Å². The van der Waals surface area contributed by atoms with Crippen molar-refractivity contribution >= 4 is 5.91 Å². The van der Waals surface area contributed by atoms with Gasteiger partial charge in [-0.3, -0.25) is 14.7 Å². The monoisotopic (exact) mass is 321 g/mol. The molecule has 2 aliphatic rings. The van der Waals surface area contributed by atoms with Gasteiger partial charge in [-0.15, -0.1) is 0 Å². The summed E-state index contributed by atoms with van der Waals surface area (Å²) in [6.07, 6.45) is 5.62. The van der Waals surface area contributed by atoms with Crippen LogP contribution >= 0.6 is 0 Å². The molecule has 4 rings (SSSR count). The van der Waals surface area contributed by atoms with Crippen LogP contribution in [0.1, 0.15) is 30.0 Å². The number of nitrogens with zero attached hydrogens (tertiary/aromatic N) is 3. The maximum absolute atomic E-state index is 12.7. The number of aromatic nitrogens is 1. The Labute approximate surface area is 143 Å². The van der Waals surface area contributed by atoms with E-state index >= 15 is 0 Å². The molecule has 124 valence electrons. The quantitative estimate of drug-likeness (QED) is 0.816. The SMILES string of the molecule is CN1C(=O)C2(CCN(Cc3cccnc3)CC2)[C@@H]1c1ccccc1. The molecule has 1 spiro atoms. The molecular formula is C20H23N3O. The average molecular weight is 321 g/mol. The summed E-state index contributed by atoms with van der Waals surface area (Å²) in [4.78, 5) is 21.2. The number of carbonyl (C=O) groups is 1. The molecule has 1 atom stereocenters. The zero-order chi connectivity index (χ0) is 16.6. The molecule has 0 unspecified atom stereocenters. The van der Waals surface area contributed by atoms with Crippen molar-refractivity contribution in [1.82, 2.24) is 14.8 Å². The van der Waals surface area contributed by atoms with Crippen LogP contribution in [0.25, 0.3) is 0 Å². The van der Waals surface area contributed by atoms with Crippen molar-refractivity contribution in [2.24, 2.45) is 5.41 Å². The zero-order valence-corrected chi connectivity index (χ0v) is 14.1. The van der Waals surface area contributed by atoms with Gasteiger partial charge in [0, 0.05) is 26.0 Å². The zero-order valence-electron chi connectivity index (χ0n) is 14.1. The Bertz CT molecular complexity index is 708. The maximum atomic E-state index is 12.7. The normalized spacial score (nSPS) is 23.3. The lowest BCUT2D eigenvalue weighted by Gasteiger charge is -2.58. The van der Waals surface area contributed by atoms with Gasteiger partial charge < -0.3 is 4.90 Å². The van der Waals surface area contributed by atoms with Crippen LogP contribution in [-0.4, -0.2) is 40.8 Å². The lowest BCUT2D eigenvalue weighted by atomic mass is 9.62. The van der Waals surface area contributed by atoms with Crippen LogP contribution in [0.2, 0.25) is 0 Å². The molecule has 24 heavy (non-hydrogen) atoms. The van der Waals surface area contributed by atoms with E-state index in [-0.39, 0.29) is 11.5 Å². The number of piperidine rings is 1. The van der Waals surface area contributed by atoms with Crippen molar-refractivity contribution in [3.8, 4) is 0 Å². The van der Waals surface area contributed by atoms with Crippen LogP contribution in [0.4, 0.5) is 0 Å². The Morgan fingerprint density at radius 2 is 1.88 bits per heavy atom. The van der Waals surface area contributed by atoms with Gasteiger partial charge in [-0.25, -0.2) is 0 Å². The highest BCUT2D eigenvalue weighted by molar-refractivity contribution is 5.90. The van der Waals surface area contributed by atoms with Crippen molar-refractivity contribution < 1.29 is 4.79 Å². The van der Waals surface area contributed by atoms with E-state index in [1.165, 1.54) is 11.1 Å². The van der Waals surface area contributed by atoms with Gasteiger partial charge in [0.05, 0.1) is 11.5 Å². The van der Waals surface area contributed by atoms with E-state index in [9.17, 15) is 4.79 Å². The summed E-state index contributed by atoms with van der Waals surface area (Å²) in [6.45, 7) is 2.86. The van der Waals surface area contributed by atoms with E-state index in [2.05, 4.69) is 40.2 Å². The molecule has 0 aliphatic carbocycles. The lowest BCUT2D eigenvalue weighted by molar-refractivity contribution is -0.176. The Morgan fingerprint density at radius 3 is 2.54 bits per heavy atom. The van der Waals surface area contributed by atoms with Gasteiger partial charge in [-0.2, -0.15) is 0 Å². The minimum absolute atomic E-state index is 0.193. The predicted octanol–water partition coefficient (Wildman–Crippen LogP) is 2.88. The summed E-state index contributed by atoms with van der Waals surface area (Å²) < 4.78 is 0. The summed E-state index contributed by atoms with van der Waals surface area (Å²) in [7, 11) is 1.94. The van der Waals surface area contributed by atoms with Crippen LogP contribution in [0, 0.1) is 5.41 Å². The third kappa shape index (κ3) is 2.42. The molecule has 0 radical (unpaired) electrons. The highest BCUT2D eigenvalue weighted by Crippen LogP contribution is 2.55. The van der Waals surface area contributed by atoms with Crippen LogP contribution in [-0.2, 0) is 11.3 Å². The first-order valence-corrected chi connectivity index (χ1v) is 8.64. The number of likely N-dealkylation sites (tertiary alicyclic amines) is 2. The predicted molar refractivity (Wildman–Crippen MR) is 93.1 cm³/mol. The molecule has 2 fully saturated rings. The lowest BCUT2D eigenvalue weighted by Crippen LogP contribution is -2.64. The minimum Gasteiger partial charge on any atom is -0.337 e. The van der Waals surface area contributed by atoms with Crippen LogP contribution in [0.5, 0.6) is 0 Å². The third-order valence-electron chi connectivity index (χ3n) is 5.65. The molecule has 0 N–H and O–H groups in total. The standard InChI is InChI=1S/C20H23N3O/c1-22-18(17-7-3-2-4-8-17)20(19(22)24)9-12-23(13-10-20)15-16-6-5-11-21-14-16/h2-8,11,14,18H,9-10,12-13,15H2,1H3/t18-/m0/s1. The molecule has 1 amide bonds. The fourth-order valence-electron chi connectivity index (χ4n) is 4.42. The van der Waals surface area contributed by atoms with Crippen molar-refractivity contribution in [2.75, 3.05) is 20.1 Å². The number of hydrogen-bond acceptors (Lipinski definition) is 3. The molecule has 0 saturated carbocycles. The second kappa shape index (κ2) is 6.02. The summed E-state index contributed by atoms with van der Waals surface area (Å²) >= 11 is 0. The van der Waals surface area contributed by atoms with Gasteiger partial charge in [0.1, 0.15) is 0 Å². The molecule has 2 aromatic rings. The summed E-state index contributed by atoms with van der Waals surface area (Å²) in [5.74, 6) is 0.317. The fraction of sp³-hybridized carbons (Fsp3) is 0.400. The molecular weight excluding hydrogens is 298 g/mol. The molecule has 1 aromatic heterocycles. The van der Waals surface area contributed by atoms with E-state index in [1.54, 1.807) is 0 Å². The second-order valence-electron chi connectivity index (χ2n) is 7.02. The van der Waals surface area contributed by atoms with Crippen molar-refractivity contribution in [1.29, 1.82) is 0 Å². The number of hydrogen-bond donors (Lipinski definition) is 0. The fourth-order valence-corrected chi connectivity index (χ4v) is 4.42. The Balaban J connectivity index is 1.48. The number of pyridine rings is 1. The number of carbonyl (C=O) groups excluding carboxylic acids is 1. The first-order valence-electron chi connectivity index (χ1n) is 8.64. The van der Waals surface area contributed by atoms with Gasteiger partial charge in [-0.05, 0) is 43.1 Å². The topological polar surface area (TPSA) is 36.4 Å². The molecule has 2 aliphatic heterocycles. The summed E-state index contributed by atoms with van der Waals surface area (Å²) in [5, 5.41) is 0. The molecule has 2 saturated heterocycles. The number of rotatable bonds is 3. The highest BCUT2D eigenvalue weighted by atomic mass is 16.2. The van der Waals surface area contributed by atoms with Crippen molar-refractivity contribution in [2.45, 2.75) is 25.4 Å². The van der Waals surface area contributed by atoms with E-state index in [4.69, 9.17) is 0 Å². The third-order valence-corrected chi connectivity index (χ3v) is 5.65. The molecule has 4 nitrogen and oxygen atoms in total. The highest BCUT2D eigenvalue weighted by Gasteiger charge is 2.59. The smallest absolute Gasteiger partial charge is 0.231 e. The number of β-lactam (4-membered cyclic amide) rings is 1. The first-order chi connectivity index (χ1) is 11.7. The van der Waals surface area contributed by atoms with Crippen molar-refractivity contribution in [3.63, 3.8) is 0 Å². The Morgan fingerprint density at radius 1 is 1.12 bits per heavy atom. The molecule has 4 heteroatoms. The maximum Gasteiger partial charge on any atom is 0.231 e. The van der Waals surface area contributed by atoms with Gasteiger partial charge >= 0.3 is 0 Å². The second-order valence-corrected chi connectivity index (χ2v) is 7.02. The molecule has 1 aromatic carbocycles.